The zero-order valence-electron chi connectivity index (χ0n) is 24.2. The topological polar surface area (TPSA) is 137 Å². The summed E-state index contributed by atoms with van der Waals surface area (Å²) in [6.07, 6.45) is 1.35. The van der Waals surface area contributed by atoms with Crippen molar-refractivity contribution in [2.75, 3.05) is 11.5 Å². The number of anilines is 1. The van der Waals surface area contributed by atoms with Gasteiger partial charge in [-0.3, -0.25) is 25.0 Å². The van der Waals surface area contributed by atoms with E-state index in [1.807, 2.05) is 24.3 Å². The van der Waals surface area contributed by atoms with Crippen LogP contribution in [0.2, 0.25) is 0 Å². The molecular formula is C33H25Br2N3O8. The quantitative estimate of drug-likeness (QED) is 0.0728. The zero-order valence-corrected chi connectivity index (χ0v) is 27.4. The Bertz CT molecular complexity index is 1840. The number of carbonyl (C=O) groups excluding carboxylic acids is 3. The van der Waals surface area contributed by atoms with E-state index in [1.165, 1.54) is 18.2 Å². The lowest BCUT2D eigenvalue weighted by molar-refractivity contribution is -0.384. The van der Waals surface area contributed by atoms with Gasteiger partial charge in [0.1, 0.15) is 24.5 Å². The number of halogens is 2. The van der Waals surface area contributed by atoms with Crippen LogP contribution < -0.4 is 24.4 Å². The van der Waals surface area contributed by atoms with Crippen LogP contribution in [-0.4, -0.2) is 29.4 Å². The second-order valence-electron chi connectivity index (χ2n) is 9.85. The first-order valence-corrected chi connectivity index (χ1v) is 15.4. The van der Waals surface area contributed by atoms with Gasteiger partial charge in [0, 0.05) is 16.6 Å². The van der Waals surface area contributed by atoms with Gasteiger partial charge in [0.05, 0.1) is 21.7 Å². The first-order chi connectivity index (χ1) is 22.1. The molecule has 0 bridgehead atoms. The smallest absolute Gasteiger partial charge is 0.335 e. The number of hydrogen-bond acceptors (Lipinski definition) is 8. The molecule has 1 saturated heterocycles. The molecule has 1 N–H and O–H groups in total. The van der Waals surface area contributed by atoms with Crippen LogP contribution in [0.15, 0.2) is 99.4 Å². The Morgan fingerprint density at radius 2 is 1.59 bits per heavy atom. The lowest BCUT2D eigenvalue weighted by atomic mass is 10.1. The number of benzene rings is 4. The molecule has 0 spiro atoms. The summed E-state index contributed by atoms with van der Waals surface area (Å²) in [5, 5.41) is 13.3. The number of imide groups is 2. The monoisotopic (exact) mass is 749 g/mol. The molecular weight excluding hydrogens is 726 g/mol. The lowest BCUT2D eigenvalue weighted by Gasteiger charge is -2.26. The number of nitrogens with zero attached hydrogens (tertiary/aromatic N) is 2. The van der Waals surface area contributed by atoms with Crippen molar-refractivity contribution in [3.63, 3.8) is 0 Å². The van der Waals surface area contributed by atoms with Crippen molar-refractivity contribution in [2.24, 2.45) is 0 Å². The molecule has 46 heavy (non-hydrogen) atoms. The van der Waals surface area contributed by atoms with Gasteiger partial charge in [0.15, 0.2) is 11.5 Å². The largest absolute Gasteiger partial charge is 0.490 e. The van der Waals surface area contributed by atoms with Gasteiger partial charge in [0.2, 0.25) is 0 Å². The molecule has 1 aliphatic heterocycles. The first-order valence-electron chi connectivity index (χ1n) is 13.8. The highest BCUT2D eigenvalue weighted by Crippen LogP contribution is 2.38. The Morgan fingerprint density at radius 3 is 2.28 bits per heavy atom. The summed E-state index contributed by atoms with van der Waals surface area (Å²) >= 11 is 6.86. The summed E-state index contributed by atoms with van der Waals surface area (Å²) in [6.45, 7) is 2.41. The Hall–Kier alpha value is -5.01. The molecule has 0 aromatic heterocycles. The highest BCUT2D eigenvalue weighted by atomic mass is 79.9. The molecule has 1 heterocycles. The van der Waals surface area contributed by atoms with Gasteiger partial charge in [-0.15, -0.1) is 0 Å². The number of rotatable bonds is 11. The van der Waals surface area contributed by atoms with Crippen LogP contribution in [0.3, 0.4) is 0 Å². The molecule has 13 heteroatoms. The zero-order chi connectivity index (χ0) is 32.8. The van der Waals surface area contributed by atoms with Crippen molar-refractivity contribution in [3.8, 4) is 17.2 Å². The van der Waals surface area contributed by atoms with Gasteiger partial charge in [-0.25, -0.2) is 9.69 Å². The number of nitrogens with one attached hydrogen (secondary N) is 1. The van der Waals surface area contributed by atoms with E-state index in [-0.39, 0.29) is 30.2 Å². The summed E-state index contributed by atoms with van der Waals surface area (Å²) in [7, 11) is 0. The molecule has 5 rings (SSSR count). The minimum absolute atomic E-state index is 0.0207. The highest BCUT2D eigenvalue weighted by molar-refractivity contribution is 9.10. The number of barbiturate groups is 1. The number of ether oxygens (including phenoxy) is 3. The third-order valence-electron chi connectivity index (χ3n) is 6.66. The number of hydrogen-bond donors (Lipinski definition) is 1. The maximum atomic E-state index is 13.5. The molecule has 11 nitrogen and oxygen atoms in total. The minimum atomic E-state index is -0.878. The maximum Gasteiger partial charge on any atom is 0.335 e. The molecule has 0 saturated carbocycles. The second kappa shape index (κ2) is 14.4. The lowest BCUT2D eigenvalue weighted by Crippen LogP contribution is -2.54. The molecule has 4 amide bonds. The van der Waals surface area contributed by atoms with E-state index < -0.39 is 22.8 Å². The number of non-ortho nitro benzene ring substituents is 1. The fourth-order valence-electron chi connectivity index (χ4n) is 4.49. The average Bonchev–Trinajstić information content (AvgIpc) is 3.03. The number of carbonyl (C=O) groups is 3. The summed E-state index contributed by atoms with van der Waals surface area (Å²) < 4.78 is 18.9. The fraction of sp³-hybridized carbons (Fsp3) is 0.121. The Balaban J connectivity index is 1.35. The van der Waals surface area contributed by atoms with Crippen molar-refractivity contribution < 1.29 is 33.5 Å². The van der Waals surface area contributed by atoms with Gasteiger partial charge >= 0.3 is 6.03 Å². The average molecular weight is 751 g/mol. The highest BCUT2D eigenvalue weighted by Gasteiger charge is 2.37. The molecule has 0 radical (unpaired) electrons. The van der Waals surface area contributed by atoms with Crippen LogP contribution in [-0.2, 0) is 22.8 Å². The van der Waals surface area contributed by atoms with E-state index >= 15 is 0 Å². The SMILES string of the molecule is CCOc1cc(/C=C2\C(=O)NC(=O)N(c3ccc(OCc4ccc(Br)cc4)cc3)C2=O)cc(Br)c1OCc1cccc([N+](=O)[O-])c1. The molecule has 0 unspecified atom stereocenters. The second-order valence-corrected chi connectivity index (χ2v) is 11.6. The molecule has 0 aliphatic carbocycles. The Kier molecular flexibility index (Phi) is 10.1. The van der Waals surface area contributed by atoms with Crippen LogP contribution in [0.5, 0.6) is 17.2 Å². The van der Waals surface area contributed by atoms with Crippen molar-refractivity contribution >= 4 is 67.2 Å². The van der Waals surface area contributed by atoms with E-state index in [1.54, 1.807) is 55.5 Å². The van der Waals surface area contributed by atoms with Crippen molar-refractivity contribution in [1.29, 1.82) is 0 Å². The maximum absolute atomic E-state index is 13.5. The minimum Gasteiger partial charge on any atom is -0.490 e. The molecule has 4 aromatic carbocycles. The summed E-state index contributed by atoms with van der Waals surface area (Å²) in [5.41, 5.74) is 1.88. The number of urea groups is 1. The van der Waals surface area contributed by atoms with Gasteiger partial charge in [-0.05, 0) is 94.2 Å². The molecule has 234 valence electrons. The van der Waals surface area contributed by atoms with Gasteiger partial charge < -0.3 is 14.2 Å². The number of amides is 4. The van der Waals surface area contributed by atoms with Crippen LogP contribution in [0.25, 0.3) is 6.08 Å². The van der Waals surface area contributed by atoms with Crippen LogP contribution in [0.1, 0.15) is 23.6 Å². The van der Waals surface area contributed by atoms with Gasteiger partial charge in [-0.1, -0.05) is 40.2 Å². The first kappa shape index (κ1) is 32.4. The van der Waals surface area contributed by atoms with E-state index in [4.69, 9.17) is 14.2 Å². The van der Waals surface area contributed by atoms with Crippen LogP contribution in [0.4, 0.5) is 16.2 Å². The number of nitro benzene ring substituents is 1. The fourth-order valence-corrected chi connectivity index (χ4v) is 5.33. The van der Waals surface area contributed by atoms with Gasteiger partial charge in [0.25, 0.3) is 17.5 Å². The van der Waals surface area contributed by atoms with E-state index in [0.29, 0.717) is 39.5 Å². The number of nitro groups is 1. The van der Waals surface area contributed by atoms with Crippen LogP contribution >= 0.6 is 31.9 Å². The Labute approximate surface area is 280 Å². The molecule has 1 aliphatic rings. The molecule has 0 atom stereocenters. The summed E-state index contributed by atoms with van der Waals surface area (Å²) in [5.74, 6) is -0.485. The summed E-state index contributed by atoms with van der Waals surface area (Å²) in [4.78, 5) is 50.6. The van der Waals surface area contributed by atoms with Crippen molar-refractivity contribution in [1.82, 2.24) is 5.32 Å². The standard InChI is InChI=1S/C33H25Br2N3O8/c1-2-44-29-17-22(16-28(35)30(29)46-19-21-4-3-5-25(14-21)38(42)43)15-27-31(39)36-33(41)37(32(27)40)24-10-12-26(13-11-24)45-18-20-6-8-23(34)9-7-20/h3-17H,2,18-19H2,1H3,(H,36,39,41)/b27-15+. The van der Waals surface area contributed by atoms with Gasteiger partial charge in [-0.2, -0.15) is 0 Å². The van der Waals surface area contributed by atoms with E-state index in [2.05, 4.69) is 37.2 Å². The third-order valence-corrected chi connectivity index (χ3v) is 7.78. The predicted octanol–water partition coefficient (Wildman–Crippen LogP) is 7.34. The Morgan fingerprint density at radius 1 is 0.870 bits per heavy atom. The predicted molar refractivity (Wildman–Crippen MR) is 177 cm³/mol. The third kappa shape index (κ3) is 7.61. The summed E-state index contributed by atoms with van der Waals surface area (Å²) in [6, 6.07) is 22.5. The van der Waals surface area contributed by atoms with E-state index in [9.17, 15) is 24.5 Å². The van der Waals surface area contributed by atoms with Crippen molar-refractivity contribution in [3.05, 3.63) is 126 Å². The van der Waals surface area contributed by atoms with Crippen molar-refractivity contribution in [2.45, 2.75) is 20.1 Å². The normalized spacial score (nSPS) is 13.8. The van der Waals surface area contributed by atoms with E-state index in [0.717, 1.165) is 14.9 Å². The molecule has 1 fully saturated rings. The molecule has 4 aromatic rings. The van der Waals surface area contributed by atoms with Crippen LogP contribution in [0, 0.1) is 10.1 Å².